The number of nitrogens with one attached hydrogen (secondary N) is 1. The predicted octanol–water partition coefficient (Wildman–Crippen LogP) is 4.70. The van der Waals surface area contributed by atoms with E-state index >= 15 is 0 Å². The molecule has 2 N–H and O–H groups in total. The van der Waals surface area contributed by atoms with E-state index < -0.39 is 5.97 Å². The summed E-state index contributed by atoms with van der Waals surface area (Å²) >= 11 is 5.88. The van der Waals surface area contributed by atoms with Crippen LogP contribution in [0.15, 0.2) is 29.1 Å². The van der Waals surface area contributed by atoms with Gasteiger partial charge in [-0.15, -0.1) is 0 Å². The number of benzene rings is 1. The zero-order valence-electron chi connectivity index (χ0n) is 18.0. The van der Waals surface area contributed by atoms with Crippen molar-refractivity contribution < 1.29 is 9.90 Å². The summed E-state index contributed by atoms with van der Waals surface area (Å²) in [4.78, 5) is 33.8. The van der Waals surface area contributed by atoms with Crippen LogP contribution in [0.25, 0.3) is 10.9 Å². The van der Waals surface area contributed by atoms with Gasteiger partial charge in [0, 0.05) is 17.5 Å². The third-order valence-corrected chi connectivity index (χ3v) is 6.13. The topological polar surface area (TPSA) is 97.1 Å². The number of pyridine rings is 1. The molecule has 0 bridgehead atoms. The summed E-state index contributed by atoms with van der Waals surface area (Å²) in [7, 11) is 0. The van der Waals surface area contributed by atoms with E-state index in [1.807, 2.05) is 26.0 Å². The van der Waals surface area contributed by atoms with Gasteiger partial charge >= 0.3 is 5.97 Å². The Labute approximate surface area is 185 Å². The number of carboxylic acid groups (broad SMARTS) is 1. The fourth-order valence-corrected chi connectivity index (χ4v) is 4.52. The molecule has 0 amide bonds. The summed E-state index contributed by atoms with van der Waals surface area (Å²) in [6, 6.07) is 6.69. The maximum Gasteiger partial charge on any atom is 0.356 e. The van der Waals surface area contributed by atoms with E-state index in [-0.39, 0.29) is 27.9 Å². The van der Waals surface area contributed by atoms with E-state index in [1.165, 1.54) is 0 Å². The molecule has 0 aliphatic carbocycles. The molecule has 0 spiro atoms. The molecule has 1 aromatic carbocycles. The number of aromatic nitrogens is 3. The Kier molecular flexibility index (Phi) is 5.25. The highest BCUT2D eigenvalue weighted by molar-refractivity contribution is 6.29. The molecule has 7 nitrogen and oxygen atoms in total. The number of halogens is 1. The van der Waals surface area contributed by atoms with Gasteiger partial charge in [0.1, 0.15) is 11.0 Å². The number of anilines is 1. The number of nitrogens with zero attached hydrogens (tertiary/aromatic N) is 3. The molecular formula is C23H25ClN4O3. The zero-order chi connectivity index (χ0) is 22.5. The van der Waals surface area contributed by atoms with Crippen molar-refractivity contribution in [3.05, 3.63) is 62.4 Å². The third kappa shape index (κ3) is 3.78. The molecule has 1 aliphatic heterocycles. The number of carboxylic acids is 1. The number of aryl methyl sites for hydroxylation is 1. The predicted molar refractivity (Wildman–Crippen MR) is 121 cm³/mol. The fourth-order valence-electron chi connectivity index (χ4n) is 4.37. The first kappa shape index (κ1) is 21.3. The first-order chi connectivity index (χ1) is 14.6. The van der Waals surface area contributed by atoms with Crippen LogP contribution in [-0.4, -0.2) is 25.6 Å². The Hall–Kier alpha value is -2.93. The van der Waals surface area contributed by atoms with Crippen molar-refractivity contribution in [2.45, 2.75) is 58.5 Å². The normalized spacial score (nSPS) is 16.0. The quantitative estimate of drug-likeness (QED) is 0.571. The molecule has 4 rings (SSSR count). The van der Waals surface area contributed by atoms with Gasteiger partial charge in [0.25, 0.3) is 5.56 Å². The van der Waals surface area contributed by atoms with Crippen molar-refractivity contribution in [3.63, 3.8) is 0 Å². The molecular weight excluding hydrogens is 416 g/mol. The number of fused-ring (bicyclic) bond motifs is 2. The van der Waals surface area contributed by atoms with E-state index in [2.05, 4.69) is 24.1 Å². The molecule has 0 fully saturated rings. The molecule has 0 radical (unpaired) electrons. The lowest BCUT2D eigenvalue weighted by molar-refractivity contribution is 0.0691. The Balaban J connectivity index is 1.87. The molecule has 2 aromatic heterocycles. The maximum atomic E-state index is 13.3. The largest absolute Gasteiger partial charge is 0.476 e. The van der Waals surface area contributed by atoms with Crippen LogP contribution < -0.4 is 10.9 Å². The molecule has 162 valence electrons. The van der Waals surface area contributed by atoms with E-state index in [0.29, 0.717) is 23.1 Å². The van der Waals surface area contributed by atoms with E-state index in [1.54, 1.807) is 16.7 Å². The molecule has 0 saturated carbocycles. The lowest BCUT2D eigenvalue weighted by Crippen LogP contribution is -2.37. The Bertz CT molecular complexity index is 1270. The van der Waals surface area contributed by atoms with Gasteiger partial charge in [-0.2, -0.15) is 0 Å². The van der Waals surface area contributed by atoms with E-state index in [4.69, 9.17) is 16.6 Å². The van der Waals surface area contributed by atoms with Crippen molar-refractivity contribution in [3.8, 4) is 0 Å². The second-order valence-corrected chi connectivity index (χ2v) is 9.22. The summed E-state index contributed by atoms with van der Waals surface area (Å²) in [5.41, 5.74) is 2.42. The van der Waals surface area contributed by atoms with Crippen molar-refractivity contribution in [2.24, 2.45) is 0 Å². The second kappa shape index (κ2) is 7.64. The monoisotopic (exact) mass is 440 g/mol. The van der Waals surface area contributed by atoms with Crippen LogP contribution in [-0.2, 0) is 12.0 Å². The van der Waals surface area contributed by atoms with Crippen LogP contribution in [0.1, 0.15) is 67.1 Å². The summed E-state index contributed by atoms with van der Waals surface area (Å²) < 4.78 is 1.80. The molecule has 8 heteroatoms. The molecule has 0 saturated heterocycles. The fraction of sp³-hybridized carbons (Fsp3) is 0.391. The van der Waals surface area contributed by atoms with Gasteiger partial charge in [0.15, 0.2) is 5.69 Å². The van der Waals surface area contributed by atoms with Crippen molar-refractivity contribution in [1.82, 2.24) is 14.5 Å². The van der Waals surface area contributed by atoms with Crippen LogP contribution in [0.5, 0.6) is 0 Å². The van der Waals surface area contributed by atoms with Crippen LogP contribution >= 0.6 is 11.6 Å². The highest BCUT2D eigenvalue weighted by atomic mass is 35.5. The van der Waals surface area contributed by atoms with Gasteiger partial charge in [0.2, 0.25) is 0 Å². The van der Waals surface area contributed by atoms with Gasteiger partial charge in [0.05, 0.1) is 22.6 Å². The first-order valence-corrected chi connectivity index (χ1v) is 10.7. The SMILES string of the molecule is Cc1cc([C@@H](C)Nc2ccc(Cl)nc2C(=O)O)c2nc3n(c(=O)c2c1)CCCC3(C)C. The van der Waals surface area contributed by atoms with Gasteiger partial charge in [-0.25, -0.2) is 14.8 Å². The molecule has 0 unspecified atom stereocenters. The molecule has 1 atom stereocenters. The number of hydrogen-bond donors (Lipinski definition) is 2. The lowest BCUT2D eigenvalue weighted by Gasteiger charge is -2.32. The van der Waals surface area contributed by atoms with Gasteiger partial charge < -0.3 is 10.4 Å². The average molecular weight is 441 g/mol. The molecule has 31 heavy (non-hydrogen) atoms. The van der Waals surface area contributed by atoms with Crippen LogP contribution in [0.2, 0.25) is 5.15 Å². The van der Waals surface area contributed by atoms with Gasteiger partial charge in [-0.05, 0) is 50.5 Å². The van der Waals surface area contributed by atoms with Crippen LogP contribution in [0, 0.1) is 6.92 Å². The Morgan fingerprint density at radius 2 is 2.03 bits per heavy atom. The molecule has 1 aliphatic rings. The molecule has 3 aromatic rings. The second-order valence-electron chi connectivity index (χ2n) is 8.83. The van der Waals surface area contributed by atoms with Gasteiger partial charge in [-0.3, -0.25) is 9.36 Å². The minimum atomic E-state index is -1.17. The highest BCUT2D eigenvalue weighted by Crippen LogP contribution is 2.34. The van der Waals surface area contributed by atoms with Crippen molar-refractivity contribution in [2.75, 3.05) is 5.32 Å². The summed E-state index contributed by atoms with van der Waals surface area (Å²) in [5, 5.41) is 13.4. The number of carbonyl (C=O) groups is 1. The third-order valence-electron chi connectivity index (χ3n) is 5.92. The minimum Gasteiger partial charge on any atom is -0.476 e. The molecule has 3 heterocycles. The standard InChI is InChI=1S/C23H25ClN4O3/c1-12-10-14(13(2)25-16-6-7-17(24)26-19(16)21(30)31)18-15(11-12)20(29)28-9-5-8-23(3,4)22(28)27-18/h6-7,10-11,13,25H,5,8-9H2,1-4H3,(H,30,31)/t13-/m1/s1. The lowest BCUT2D eigenvalue weighted by atomic mass is 9.84. The van der Waals surface area contributed by atoms with Crippen molar-refractivity contribution in [1.29, 1.82) is 0 Å². The van der Waals surface area contributed by atoms with E-state index in [9.17, 15) is 14.7 Å². The maximum absolute atomic E-state index is 13.3. The average Bonchev–Trinajstić information content (AvgIpc) is 2.69. The van der Waals surface area contributed by atoms with Crippen LogP contribution in [0.4, 0.5) is 5.69 Å². The minimum absolute atomic E-state index is 0.0238. The highest BCUT2D eigenvalue weighted by Gasteiger charge is 2.31. The zero-order valence-corrected chi connectivity index (χ0v) is 18.7. The smallest absolute Gasteiger partial charge is 0.356 e. The number of rotatable bonds is 4. The summed E-state index contributed by atoms with van der Waals surface area (Å²) in [6.07, 6.45) is 1.92. The summed E-state index contributed by atoms with van der Waals surface area (Å²) in [6.45, 7) is 8.76. The number of aromatic carboxylic acids is 1. The first-order valence-electron chi connectivity index (χ1n) is 10.3. The Morgan fingerprint density at radius 3 is 2.74 bits per heavy atom. The van der Waals surface area contributed by atoms with Crippen molar-refractivity contribution >= 4 is 34.2 Å². The summed E-state index contributed by atoms with van der Waals surface area (Å²) in [5.74, 6) is -0.369. The van der Waals surface area contributed by atoms with Gasteiger partial charge in [-0.1, -0.05) is 31.5 Å². The van der Waals surface area contributed by atoms with Crippen LogP contribution in [0.3, 0.4) is 0 Å². The van der Waals surface area contributed by atoms with E-state index in [0.717, 1.165) is 29.8 Å². The number of hydrogen-bond acceptors (Lipinski definition) is 5. The Morgan fingerprint density at radius 1 is 1.29 bits per heavy atom.